The molecule has 0 saturated heterocycles. The average Bonchev–Trinajstić information content (AvgIpc) is 2.55. The van der Waals surface area contributed by atoms with Crippen molar-refractivity contribution in [1.82, 2.24) is 5.43 Å². The molecular weight excluding hydrogens is 292 g/mol. The van der Waals surface area contributed by atoms with Gasteiger partial charge in [0.25, 0.3) is 0 Å². The SMILES string of the molecule is Cc1ccccc1SCC(=O)N/N=C/C#Cc1ccccc1. The summed E-state index contributed by atoms with van der Waals surface area (Å²) >= 11 is 1.49. The molecule has 0 fully saturated rings. The first-order valence-electron chi connectivity index (χ1n) is 6.81. The van der Waals surface area contributed by atoms with Gasteiger partial charge in [-0.15, -0.1) is 11.8 Å². The fourth-order valence-electron chi connectivity index (χ4n) is 1.67. The van der Waals surface area contributed by atoms with Gasteiger partial charge in [0.05, 0.1) is 12.0 Å². The lowest BCUT2D eigenvalue weighted by Crippen LogP contribution is -2.19. The van der Waals surface area contributed by atoms with Crippen LogP contribution >= 0.6 is 11.8 Å². The van der Waals surface area contributed by atoms with Gasteiger partial charge in [-0.25, -0.2) is 5.43 Å². The molecule has 0 aliphatic heterocycles. The average molecular weight is 308 g/mol. The third kappa shape index (κ3) is 5.47. The highest BCUT2D eigenvalue weighted by Crippen LogP contribution is 2.21. The molecule has 0 aliphatic rings. The molecule has 2 aromatic carbocycles. The molecule has 0 aliphatic carbocycles. The minimum absolute atomic E-state index is 0.147. The van der Waals surface area contributed by atoms with Crippen molar-refractivity contribution in [3.8, 4) is 11.8 Å². The number of thioether (sulfide) groups is 1. The van der Waals surface area contributed by atoms with Crippen molar-refractivity contribution in [3.63, 3.8) is 0 Å². The highest BCUT2D eigenvalue weighted by molar-refractivity contribution is 8.00. The number of benzene rings is 2. The van der Waals surface area contributed by atoms with Crippen LogP contribution in [0.4, 0.5) is 0 Å². The molecule has 22 heavy (non-hydrogen) atoms. The van der Waals surface area contributed by atoms with Crippen LogP contribution in [0.5, 0.6) is 0 Å². The zero-order chi connectivity index (χ0) is 15.6. The van der Waals surface area contributed by atoms with E-state index < -0.39 is 0 Å². The fraction of sp³-hybridized carbons (Fsp3) is 0.111. The monoisotopic (exact) mass is 308 g/mol. The third-order valence-electron chi connectivity index (χ3n) is 2.76. The van der Waals surface area contributed by atoms with E-state index in [9.17, 15) is 4.79 Å². The van der Waals surface area contributed by atoms with Gasteiger partial charge in [0, 0.05) is 10.5 Å². The zero-order valence-electron chi connectivity index (χ0n) is 12.2. The Balaban J connectivity index is 1.75. The van der Waals surface area contributed by atoms with E-state index in [-0.39, 0.29) is 5.91 Å². The first kappa shape index (κ1) is 15.9. The Labute approximate surface area is 134 Å². The molecule has 1 amide bonds. The van der Waals surface area contributed by atoms with E-state index in [0.717, 1.165) is 16.0 Å². The number of hydrazone groups is 1. The van der Waals surface area contributed by atoms with Crippen LogP contribution in [-0.4, -0.2) is 17.9 Å². The first-order valence-corrected chi connectivity index (χ1v) is 7.79. The van der Waals surface area contributed by atoms with Gasteiger partial charge in [-0.1, -0.05) is 42.3 Å². The third-order valence-corrected chi connectivity index (χ3v) is 3.94. The number of aryl methyl sites for hydroxylation is 1. The molecule has 110 valence electrons. The summed E-state index contributed by atoms with van der Waals surface area (Å²) in [5.74, 6) is 5.89. The molecule has 3 nitrogen and oxygen atoms in total. The molecule has 0 unspecified atom stereocenters. The van der Waals surface area contributed by atoms with Crippen molar-refractivity contribution in [2.24, 2.45) is 5.10 Å². The van der Waals surface area contributed by atoms with Gasteiger partial charge in [0.1, 0.15) is 0 Å². The standard InChI is InChI=1S/C18H16N2OS/c1-15-8-5-6-12-17(15)22-14-18(21)20-19-13-7-11-16-9-3-2-4-10-16/h2-6,8-10,12-13H,14H2,1H3,(H,20,21)/b19-13+. The van der Waals surface area contributed by atoms with Gasteiger partial charge in [-0.05, 0) is 36.6 Å². The lowest BCUT2D eigenvalue weighted by molar-refractivity contribution is -0.118. The molecule has 2 aromatic rings. The number of nitrogens with zero attached hydrogens (tertiary/aromatic N) is 1. The Hall–Kier alpha value is -2.51. The van der Waals surface area contributed by atoms with Crippen LogP contribution in [-0.2, 0) is 4.79 Å². The predicted octanol–water partition coefficient (Wildman–Crippen LogP) is 3.24. The van der Waals surface area contributed by atoms with Crippen molar-refractivity contribution < 1.29 is 4.79 Å². The topological polar surface area (TPSA) is 41.5 Å². The van der Waals surface area contributed by atoms with Gasteiger partial charge in [0.2, 0.25) is 5.91 Å². The lowest BCUT2D eigenvalue weighted by atomic mass is 10.2. The van der Waals surface area contributed by atoms with Crippen LogP contribution in [0.25, 0.3) is 0 Å². The highest BCUT2D eigenvalue weighted by Gasteiger charge is 2.02. The normalized spacial score (nSPS) is 10.0. The summed E-state index contributed by atoms with van der Waals surface area (Å²) in [4.78, 5) is 12.8. The maximum atomic E-state index is 11.7. The number of carbonyl (C=O) groups is 1. The molecule has 0 spiro atoms. The molecule has 4 heteroatoms. The van der Waals surface area contributed by atoms with E-state index in [4.69, 9.17) is 0 Å². The van der Waals surface area contributed by atoms with Gasteiger partial charge in [-0.3, -0.25) is 4.79 Å². The molecule has 0 radical (unpaired) electrons. The van der Waals surface area contributed by atoms with Gasteiger partial charge in [-0.2, -0.15) is 5.10 Å². The summed E-state index contributed by atoms with van der Waals surface area (Å²) in [6.45, 7) is 2.03. The summed E-state index contributed by atoms with van der Waals surface area (Å²) in [5.41, 5.74) is 4.54. The quantitative estimate of drug-likeness (QED) is 0.408. The number of carbonyl (C=O) groups excluding carboxylic acids is 1. The van der Waals surface area contributed by atoms with E-state index in [1.54, 1.807) is 0 Å². The Bertz CT molecular complexity index is 715. The molecule has 0 atom stereocenters. The number of hydrogen-bond acceptors (Lipinski definition) is 3. The highest BCUT2D eigenvalue weighted by atomic mass is 32.2. The maximum absolute atomic E-state index is 11.7. The second-order valence-electron chi connectivity index (χ2n) is 4.48. The Kier molecular flexibility index (Phi) is 6.28. The smallest absolute Gasteiger partial charge is 0.250 e. The van der Waals surface area contributed by atoms with Gasteiger partial charge >= 0.3 is 0 Å². The second kappa shape index (κ2) is 8.71. The Morgan fingerprint density at radius 1 is 1.18 bits per heavy atom. The number of rotatable bonds is 4. The Morgan fingerprint density at radius 2 is 1.91 bits per heavy atom. The number of hydrogen-bond donors (Lipinski definition) is 1. The van der Waals surface area contributed by atoms with Crippen molar-refractivity contribution in [3.05, 3.63) is 65.7 Å². The zero-order valence-corrected chi connectivity index (χ0v) is 13.1. The predicted molar refractivity (Wildman–Crippen MR) is 91.9 cm³/mol. The Morgan fingerprint density at radius 3 is 2.68 bits per heavy atom. The molecule has 0 saturated carbocycles. The fourth-order valence-corrected chi connectivity index (χ4v) is 2.49. The van der Waals surface area contributed by atoms with E-state index >= 15 is 0 Å². The lowest BCUT2D eigenvalue weighted by Gasteiger charge is -2.03. The van der Waals surface area contributed by atoms with E-state index in [0.29, 0.717) is 5.75 Å². The van der Waals surface area contributed by atoms with Crippen LogP contribution in [0, 0.1) is 18.8 Å². The van der Waals surface area contributed by atoms with E-state index in [2.05, 4.69) is 22.4 Å². The summed E-state index contributed by atoms with van der Waals surface area (Å²) in [6, 6.07) is 17.6. The van der Waals surface area contributed by atoms with Crippen LogP contribution < -0.4 is 5.43 Å². The summed E-state index contributed by atoms with van der Waals surface area (Å²) in [6.07, 6.45) is 1.39. The minimum Gasteiger partial charge on any atom is -0.272 e. The maximum Gasteiger partial charge on any atom is 0.250 e. The van der Waals surface area contributed by atoms with E-state index in [1.807, 2.05) is 61.5 Å². The second-order valence-corrected chi connectivity index (χ2v) is 5.50. The summed E-state index contributed by atoms with van der Waals surface area (Å²) < 4.78 is 0. The first-order chi connectivity index (χ1) is 10.8. The van der Waals surface area contributed by atoms with Crippen molar-refractivity contribution in [2.45, 2.75) is 11.8 Å². The molecular formula is C18H16N2OS. The van der Waals surface area contributed by atoms with Crippen LogP contribution in [0.15, 0.2) is 64.6 Å². The summed E-state index contributed by atoms with van der Waals surface area (Å²) in [7, 11) is 0. The van der Waals surface area contributed by atoms with Crippen LogP contribution in [0.3, 0.4) is 0 Å². The van der Waals surface area contributed by atoms with Crippen LogP contribution in [0.2, 0.25) is 0 Å². The van der Waals surface area contributed by atoms with Crippen molar-refractivity contribution >= 4 is 23.9 Å². The minimum atomic E-state index is -0.147. The van der Waals surface area contributed by atoms with Crippen LogP contribution in [0.1, 0.15) is 11.1 Å². The van der Waals surface area contributed by atoms with E-state index in [1.165, 1.54) is 18.0 Å². The number of amides is 1. The molecule has 1 N–H and O–H groups in total. The van der Waals surface area contributed by atoms with Gasteiger partial charge in [0.15, 0.2) is 0 Å². The molecule has 0 bridgehead atoms. The number of nitrogens with one attached hydrogen (secondary N) is 1. The molecule has 2 rings (SSSR count). The summed E-state index contributed by atoms with van der Waals surface area (Å²) in [5, 5.41) is 3.81. The van der Waals surface area contributed by atoms with Crippen molar-refractivity contribution in [2.75, 3.05) is 5.75 Å². The largest absolute Gasteiger partial charge is 0.272 e. The molecule has 0 aromatic heterocycles. The van der Waals surface area contributed by atoms with Crippen molar-refractivity contribution in [1.29, 1.82) is 0 Å². The molecule has 0 heterocycles. The van der Waals surface area contributed by atoms with Gasteiger partial charge < -0.3 is 0 Å².